The third-order valence-corrected chi connectivity index (χ3v) is 9.03. The van der Waals surface area contributed by atoms with Gasteiger partial charge in [-0.3, -0.25) is 0 Å². The molecule has 0 bridgehead atoms. The number of carbonyl (C=O) groups excluding carboxylic acids is 1. The van der Waals surface area contributed by atoms with Crippen molar-refractivity contribution in [3.63, 3.8) is 0 Å². The van der Waals surface area contributed by atoms with E-state index in [9.17, 15) is 30.8 Å². The number of amides is 1. The van der Waals surface area contributed by atoms with Crippen molar-refractivity contribution in [1.82, 2.24) is 14.9 Å². The van der Waals surface area contributed by atoms with Gasteiger partial charge in [0.1, 0.15) is 27.9 Å². The molecule has 1 aliphatic heterocycles. The maximum absolute atomic E-state index is 14.1. The van der Waals surface area contributed by atoms with Gasteiger partial charge in [0.25, 0.3) is 0 Å². The number of pyridine rings is 1. The Balaban J connectivity index is 1.69. The Morgan fingerprint density at radius 3 is 2.52 bits per heavy atom. The number of methoxy groups -OCH3 is 1. The molecule has 0 radical (unpaired) electrons. The van der Waals surface area contributed by atoms with E-state index in [1.165, 1.54) is 35.6 Å². The number of fused-ring (bicyclic) bond motifs is 2. The molecule has 0 fully saturated rings. The van der Waals surface area contributed by atoms with E-state index in [-0.39, 0.29) is 28.4 Å². The van der Waals surface area contributed by atoms with Crippen molar-refractivity contribution >= 4 is 49.0 Å². The van der Waals surface area contributed by atoms with Crippen LogP contribution in [-0.2, 0) is 27.8 Å². The number of benzene rings is 1. The second-order valence-corrected chi connectivity index (χ2v) is 13.7. The van der Waals surface area contributed by atoms with Crippen LogP contribution in [0.25, 0.3) is 31.9 Å². The first kappa shape index (κ1) is 30.0. The van der Waals surface area contributed by atoms with E-state index in [0.717, 1.165) is 28.7 Å². The average Bonchev–Trinajstić information content (AvgIpc) is 3.54. The molecule has 3 aromatic heterocycles. The lowest BCUT2D eigenvalue weighted by Crippen LogP contribution is -2.39. The van der Waals surface area contributed by atoms with E-state index in [4.69, 9.17) is 9.47 Å². The maximum atomic E-state index is 14.1. The third-order valence-electron chi connectivity index (χ3n) is 6.06. The number of halogens is 4. The van der Waals surface area contributed by atoms with Gasteiger partial charge in [-0.25, -0.2) is 19.2 Å². The Morgan fingerprint density at radius 1 is 1.12 bits per heavy atom. The SMILES string of the molecule is COc1cc(F)ccc1-c1c(-c2nc3c(s2)CN(C(=O)OC(C)(C)C)CC3)nc(OS(=O)(=O)C(F)(F)F)c2ccsc12. The minimum absolute atomic E-state index is 0.00428. The Labute approximate surface area is 245 Å². The fraction of sp³-hybridized carbons (Fsp3) is 0.346. The van der Waals surface area contributed by atoms with Crippen LogP contribution in [0.3, 0.4) is 0 Å². The number of thiazole rings is 1. The highest BCUT2D eigenvalue weighted by Crippen LogP contribution is 2.47. The Hall–Kier alpha value is -3.50. The summed E-state index contributed by atoms with van der Waals surface area (Å²) >= 11 is 2.23. The summed E-state index contributed by atoms with van der Waals surface area (Å²) in [5.41, 5.74) is -5.06. The minimum Gasteiger partial charge on any atom is -0.496 e. The molecule has 0 saturated heterocycles. The fourth-order valence-electron chi connectivity index (χ4n) is 4.27. The standard InChI is InChI=1S/C26H23F4N3O6S3/c1-25(2,3)38-24(34)33-9-7-16-18(12-33)41-23(31-16)20-19(14-6-5-13(27)11-17(14)37-4)21-15(8-10-40-21)22(32-20)39-42(35,36)26(28,29)30/h5-6,8,10-11H,7,9,12H2,1-4H3. The van der Waals surface area contributed by atoms with Crippen molar-refractivity contribution in [2.75, 3.05) is 13.7 Å². The zero-order valence-electron chi connectivity index (χ0n) is 22.5. The molecule has 224 valence electrons. The van der Waals surface area contributed by atoms with Crippen LogP contribution in [0.2, 0.25) is 0 Å². The van der Waals surface area contributed by atoms with Crippen molar-refractivity contribution in [2.24, 2.45) is 0 Å². The molecule has 9 nitrogen and oxygen atoms in total. The van der Waals surface area contributed by atoms with Crippen molar-refractivity contribution in [3.8, 4) is 33.5 Å². The Kier molecular flexibility index (Phi) is 7.60. The molecule has 42 heavy (non-hydrogen) atoms. The molecule has 0 unspecified atom stereocenters. The summed E-state index contributed by atoms with van der Waals surface area (Å²) in [4.78, 5) is 23.8. The molecule has 0 atom stereocenters. The van der Waals surface area contributed by atoms with Gasteiger partial charge in [-0.2, -0.15) is 21.6 Å². The number of hydrogen-bond acceptors (Lipinski definition) is 10. The van der Waals surface area contributed by atoms with Crippen LogP contribution < -0.4 is 8.92 Å². The molecule has 4 aromatic rings. The third kappa shape index (κ3) is 5.74. The molecule has 0 saturated carbocycles. The number of nitrogens with zero attached hydrogens (tertiary/aromatic N) is 3. The van der Waals surface area contributed by atoms with E-state index < -0.39 is 39.0 Å². The van der Waals surface area contributed by atoms with Crippen molar-refractivity contribution in [3.05, 3.63) is 46.0 Å². The number of hydrogen-bond donors (Lipinski definition) is 0. The molecule has 16 heteroatoms. The summed E-state index contributed by atoms with van der Waals surface area (Å²) in [6, 6.07) is 5.13. The van der Waals surface area contributed by atoms with Crippen molar-refractivity contribution < 1.29 is 44.4 Å². The molecule has 5 rings (SSSR count). The predicted octanol–water partition coefficient (Wildman–Crippen LogP) is 6.76. The van der Waals surface area contributed by atoms with Gasteiger partial charge in [-0.05, 0) is 44.4 Å². The number of thiophene rings is 1. The van der Waals surface area contributed by atoms with E-state index >= 15 is 0 Å². The number of carbonyl (C=O) groups is 1. The second-order valence-electron chi connectivity index (χ2n) is 10.2. The normalized spacial score (nSPS) is 14.1. The van der Waals surface area contributed by atoms with Gasteiger partial charge in [0.2, 0.25) is 5.88 Å². The molecule has 0 aliphatic carbocycles. The highest BCUT2D eigenvalue weighted by atomic mass is 32.2. The Bertz CT molecular complexity index is 1800. The van der Waals surface area contributed by atoms with Crippen molar-refractivity contribution in [2.45, 2.75) is 44.8 Å². The van der Waals surface area contributed by atoms with Crippen molar-refractivity contribution in [1.29, 1.82) is 0 Å². The van der Waals surface area contributed by atoms with Crippen LogP contribution in [-0.4, -0.2) is 54.1 Å². The highest BCUT2D eigenvalue weighted by Gasteiger charge is 2.49. The number of rotatable bonds is 5. The quantitative estimate of drug-likeness (QED) is 0.133. The minimum atomic E-state index is -6.06. The lowest BCUT2D eigenvalue weighted by atomic mass is 10.0. The van der Waals surface area contributed by atoms with Gasteiger partial charge in [0.15, 0.2) is 0 Å². The monoisotopic (exact) mass is 645 g/mol. The zero-order chi connectivity index (χ0) is 30.6. The zero-order valence-corrected chi connectivity index (χ0v) is 25.0. The summed E-state index contributed by atoms with van der Waals surface area (Å²) in [6.45, 7) is 5.74. The average molecular weight is 646 g/mol. The first-order valence-corrected chi connectivity index (χ1v) is 15.4. The number of alkyl halides is 3. The number of ether oxygens (including phenoxy) is 2. The lowest BCUT2D eigenvalue weighted by molar-refractivity contribution is -0.0500. The lowest BCUT2D eigenvalue weighted by Gasteiger charge is -2.29. The summed E-state index contributed by atoms with van der Waals surface area (Å²) in [5, 5.41) is 1.77. The maximum Gasteiger partial charge on any atom is 0.534 e. The van der Waals surface area contributed by atoms with Crippen LogP contribution in [0.1, 0.15) is 31.3 Å². The molecular formula is C26H23F4N3O6S3. The van der Waals surface area contributed by atoms with Gasteiger partial charge in [-0.1, -0.05) is 0 Å². The fourth-order valence-corrected chi connectivity index (χ4v) is 6.76. The second kappa shape index (κ2) is 10.6. The largest absolute Gasteiger partial charge is 0.534 e. The molecule has 1 aromatic carbocycles. The van der Waals surface area contributed by atoms with Gasteiger partial charge >= 0.3 is 21.7 Å². The van der Waals surface area contributed by atoms with Gasteiger partial charge in [0.05, 0.1) is 24.7 Å². The summed E-state index contributed by atoms with van der Waals surface area (Å²) in [6.07, 6.45) is -0.140. The molecule has 1 amide bonds. The van der Waals surface area contributed by atoms with E-state index in [1.54, 1.807) is 20.8 Å². The first-order chi connectivity index (χ1) is 19.6. The molecule has 0 spiro atoms. The summed E-state index contributed by atoms with van der Waals surface area (Å²) in [5.74, 6) is -1.26. The van der Waals surface area contributed by atoms with Gasteiger partial charge in [-0.15, -0.1) is 22.7 Å². The molecular weight excluding hydrogens is 622 g/mol. The topological polar surface area (TPSA) is 108 Å². The van der Waals surface area contributed by atoms with E-state index in [0.29, 0.717) is 39.4 Å². The van der Waals surface area contributed by atoms with E-state index in [2.05, 4.69) is 14.2 Å². The van der Waals surface area contributed by atoms with Crippen LogP contribution in [0, 0.1) is 5.82 Å². The van der Waals surface area contributed by atoms with Gasteiger partial charge < -0.3 is 18.6 Å². The predicted molar refractivity (Wildman–Crippen MR) is 149 cm³/mol. The first-order valence-electron chi connectivity index (χ1n) is 12.3. The van der Waals surface area contributed by atoms with Gasteiger partial charge in [0, 0.05) is 39.7 Å². The Morgan fingerprint density at radius 2 is 1.86 bits per heavy atom. The van der Waals surface area contributed by atoms with Crippen LogP contribution >= 0.6 is 22.7 Å². The van der Waals surface area contributed by atoms with Crippen LogP contribution in [0.4, 0.5) is 22.4 Å². The van der Waals surface area contributed by atoms with Crippen LogP contribution in [0.15, 0.2) is 29.6 Å². The summed E-state index contributed by atoms with van der Waals surface area (Å²) < 4.78 is 93.6. The molecule has 4 heterocycles. The number of aromatic nitrogens is 2. The van der Waals surface area contributed by atoms with E-state index in [1.807, 2.05) is 0 Å². The highest BCUT2D eigenvalue weighted by molar-refractivity contribution is 7.88. The smallest absolute Gasteiger partial charge is 0.496 e. The molecule has 1 aliphatic rings. The summed E-state index contributed by atoms with van der Waals surface area (Å²) in [7, 11) is -4.73. The van der Waals surface area contributed by atoms with Crippen LogP contribution in [0.5, 0.6) is 11.6 Å². The molecule has 0 N–H and O–H groups in total.